The molecule has 1 heterocycles. The summed E-state index contributed by atoms with van der Waals surface area (Å²) in [6, 6.07) is 9.62. The van der Waals surface area contributed by atoms with Crippen molar-refractivity contribution >= 4 is 17.6 Å². The van der Waals surface area contributed by atoms with Gasteiger partial charge in [-0.05, 0) is 25.2 Å². The van der Waals surface area contributed by atoms with Gasteiger partial charge in [-0.25, -0.2) is 4.79 Å². The highest BCUT2D eigenvalue weighted by molar-refractivity contribution is 6.01. The first-order valence-corrected chi connectivity index (χ1v) is 8.72. The van der Waals surface area contributed by atoms with Crippen LogP contribution in [0.3, 0.4) is 0 Å². The maximum Gasteiger partial charge on any atom is 0.573 e. The number of benzene rings is 2. The molecule has 0 radical (unpaired) electrons. The minimum atomic E-state index is -4.82. The van der Waals surface area contributed by atoms with Gasteiger partial charge in [0.15, 0.2) is 11.5 Å². The molecule has 0 spiro atoms. The molecule has 30 heavy (non-hydrogen) atoms. The molecule has 0 saturated carbocycles. The molecule has 2 N–H and O–H groups in total. The number of rotatable bonds is 6. The van der Waals surface area contributed by atoms with Crippen LogP contribution in [0.25, 0.3) is 0 Å². The van der Waals surface area contributed by atoms with Gasteiger partial charge in [-0.3, -0.25) is 15.0 Å². The highest BCUT2D eigenvalue weighted by Gasteiger charge is 2.32. The van der Waals surface area contributed by atoms with E-state index in [1.165, 1.54) is 30.1 Å². The Morgan fingerprint density at radius 3 is 2.63 bits per heavy atom. The fourth-order valence-corrected chi connectivity index (χ4v) is 2.75. The largest absolute Gasteiger partial charge is 0.573 e. The second kappa shape index (κ2) is 8.91. The molecule has 1 aliphatic heterocycles. The van der Waals surface area contributed by atoms with Crippen LogP contribution in [0.15, 0.2) is 42.5 Å². The first-order valence-electron chi connectivity index (χ1n) is 8.72. The number of hydrogen-bond donors (Lipinski definition) is 2. The number of carbonyl (C=O) groups is 2. The summed E-state index contributed by atoms with van der Waals surface area (Å²) in [7, 11) is 1.53. The van der Waals surface area contributed by atoms with Crippen molar-refractivity contribution in [2.75, 3.05) is 25.7 Å². The zero-order chi connectivity index (χ0) is 21.7. The average molecular weight is 425 g/mol. The molecule has 0 aromatic heterocycles. The van der Waals surface area contributed by atoms with Crippen molar-refractivity contribution in [1.82, 2.24) is 10.2 Å². The molecule has 11 heteroatoms. The van der Waals surface area contributed by atoms with Crippen molar-refractivity contribution in [3.63, 3.8) is 0 Å². The predicted octanol–water partition coefficient (Wildman–Crippen LogP) is 3.09. The number of para-hydroxylation sites is 1. The Morgan fingerprint density at radius 1 is 1.13 bits per heavy atom. The fraction of sp³-hybridized carbons (Fsp3) is 0.263. The summed E-state index contributed by atoms with van der Waals surface area (Å²) in [4.78, 5) is 25.5. The lowest BCUT2D eigenvalue weighted by Gasteiger charge is -2.19. The van der Waals surface area contributed by atoms with Gasteiger partial charge in [0.1, 0.15) is 5.75 Å². The van der Waals surface area contributed by atoms with Crippen LogP contribution in [-0.2, 0) is 11.3 Å². The van der Waals surface area contributed by atoms with Gasteiger partial charge >= 0.3 is 12.4 Å². The van der Waals surface area contributed by atoms with Crippen LogP contribution in [0, 0.1) is 0 Å². The Hall–Kier alpha value is -3.47. The third-order valence-corrected chi connectivity index (χ3v) is 3.94. The van der Waals surface area contributed by atoms with Gasteiger partial charge in [0.2, 0.25) is 12.7 Å². The van der Waals surface area contributed by atoms with E-state index in [4.69, 9.17) is 9.47 Å². The summed E-state index contributed by atoms with van der Waals surface area (Å²) >= 11 is 0. The topological polar surface area (TPSA) is 89.1 Å². The summed E-state index contributed by atoms with van der Waals surface area (Å²) < 4.78 is 51.9. The predicted molar refractivity (Wildman–Crippen MR) is 99.2 cm³/mol. The second-order valence-corrected chi connectivity index (χ2v) is 6.40. The zero-order valence-corrected chi connectivity index (χ0v) is 15.8. The number of carbonyl (C=O) groups excluding carboxylic acids is 2. The van der Waals surface area contributed by atoms with Crippen molar-refractivity contribution in [3.8, 4) is 17.2 Å². The Labute approximate surface area is 169 Å². The van der Waals surface area contributed by atoms with Crippen LogP contribution in [0.4, 0.5) is 23.7 Å². The molecule has 0 atom stereocenters. The van der Waals surface area contributed by atoms with Crippen LogP contribution >= 0.6 is 0 Å². The highest BCUT2D eigenvalue weighted by Crippen LogP contribution is 2.34. The summed E-state index contributed by atoms with van der Waals surface area (Å²) in [5.41, 5.74) is 0.645. The third kappa shape index (κ3) is 6.01. The van der Waals surface area contributed by atoms with Gasteiger partial charge in [0.05, 0.1) is 6.54 Å². The van der Waals surface area contributed by atoms with Gasteiger partial charge < -0.3 is 19.5 Å². The van der Waals surface area contributed by atoms with E-state index in [1.54, 1.807) is 24.3 Å². The molecule has 1 aliphatic rings. The van der Waals surface area contributed by atoms with Gasteiger partial charge in [0, 0.05) is 23.9 Å². The number of nitrogens with zero attached hydrogens (tertiary/aromatic N) is 1. The molecular weight excluding hydrogens is 407 g/mol. The van der Waals surface area contributed by atoms with Crippen LogP contribution in [-0.4, -0.2) is 43.6 Å². The SMILES string of the molecule is CN(CC(=O)NC(=O)Nc1ccc2c(c1)OCO2)Cc1ccccc1OC(F)(F)F. The lowest BCUT2D eigenvalue weighted by Crippen LogP contribution is -2.40. The highest BCUT2D eigenvalue weighted by atomic mass is 19.4. The van der Waals surface area contributed by atoms with Gasteiger partial charge in [-0.2, -0.15) is 0 Å². The van der Waals surface area contributed by atoms with Crippen LogP contribution < -0.4 is 24.8 Å². The minimum absolute atomic E-state index is 0.00343. The van der Waals surface area contributed by atoms with E-state index in [0.29, 0.717) is 17.2 Å². The zero-order valence-electron chi connectivity index (χ0n) is 15.8. The molecule has 0 unspecified atom stereocenters. The Kier molecular flexibility index (Phi) is 6.31. The number of nitrogens with one attached hydrogen (secondary N) is 2. The maximum atomic E-state index is 12.5. The van der Waals surface area contributed by atoms with Crippen LogP contribution in [0.5, 0.6) is 17.2 Å². The smallest absolute Gasteiger partial charge is 0.454 e. The normalized spacial score (nSPS) is 12.6. The number of anilines is 1. The van der Waals surface area contributed by atoms with Crippen molar-refractivity contribution < 1.29 is 37.0 Å². The monoisotopic (exact) mass is 425 g/mol. The van der Waals surface area contributed by atoms with Crippen molar-refractivity contribution in [2.45, 2.75) is 12.9 Å². The molecule has 0 bridgehead atoms. The number of likely N-dealkylation sites (N-methyl/N-ethyl adjacent to an activating group) is 1. The van der Waals surface area contributed by atoms with Gasteiger partial charge in [0.25, 0.3) is 0 Å². The molecule has 8 nitrogen and oxygen atoms in total. The standard InChI is InChI=1S/C19H18F3N3O5/c1-25(9-12-4-2-3-5-14(12)30-19(20,21)22)10-17(26)24-18(27)23-13-6-7-15-16(8-13)29-11-28-15/h2-8H,9-11H2,1H3,(H2,23,24,26,27). The Bertz CT molecular complexity index is 936. The van der Waals surface area contributed by atoms with E-state index < -0.39 is 18.3 Å². The molecule has 2 aromatic carbocycles. The van der Waals surface area contributed by atoms with Gasteiger partial charge in [-0.1, -0.05) is 18.2 Å². The molecule has 0 fully saturated rings. The second-order valence-electron chi connectivity index (χ2n) is 6.40. The minimum Gasteiger partial charge on any atom is -0.454 e. The lowest BCUT2D eigenvalue weighted by molar-refractivity contribution is -0.275. The van der Waals surface area contributed by atoms with E-state index in [-0.39, 0.29) is 31.2 Å². The molecule has 160 valence electrons. The van der Waals surface area contributed by atoms with E-state index in [1.807, 2.05) is 0 Å². The summed E-state index contributed by atoms with van der Waals surface area (Å²) in [6.07, 6.45) is -4.82. The first-order chi connectivity index (χ1) is 14.2. The average Bonchev–Trinajstić information content (AvgIpc) is 3.09. The molecule has 2 aromatic rings. The number of fused-ring (bicyclic) bond motifs is 1. The van der Waals surface area contributed by atoms with Crippen LogP contribution in [0.2, 0.25) is 0 Å². The summed E-state index contributed by atoms with van der Waals surface area (Å²) in [5.74, 6) is 0.0369. The first kappa shape index (κ1) is 21.2. The lowest BCUT2D eigenvalue weighted by atomic mass is 10.2. The summed E-state index contributed by atoms with van der Waals surface area (Å²) in [6.45, 7) is -0.134. The quantitative estimate of drug-likeness (QED) is 0.740. The van der Waals surface area contributed by atoms with E-state index in [9.17, 15) is 22.8 Å². The van der Waals surface area contributed by atoms with Crippen molar-refractivity contribution in [3.05, 3.63) is 48.0 Å². The summed E-state index contributed by atoms with van der Waals surface area (Å²) in [5, 5.41) is 4.64. The number of ether oxygens (including phenoxy) is 3. The number of alkyl halides is 3. The number of amides is 3. The number of halogens is 3. The molecule has 3 amide bonds. The molecular formula is C19H18F3N3O5. The maximum absolute atomic E-state index is 12.5. The van der Waals surface area contributed by atoms with E-state index in [0.717, 1.165) is 0 Å². The molecule has 0 saturated heterocycles. The third-order valence-electron chi connectivity index (χ3n) is 3.94. The van der Waals surface area contributed by atoms with Gasteiger partial charge in [-0.15, -0.1) is 13.2 Å². The fourth-order valence-electron chi connectivity index (χ4n) is 2.75. The molecule has 3 rings (SSSR count). The van der Waals surface area contributed by atoms with Crippen LogP contribution in [0.1, 0.15) is 5.56 Å². The Balaban J connectivity index is 1.50. The number of urea groups is 1. The number of hydrogen-bond acceptors (Lipinski definition) is 6. The molecule has 0 aliphatic carbocycles. The van der Waals surface area contributed by atoms with E-state index in [2.05, 4.69) is 15.4 Å². The number of imide groups is 1. The van der Waals surface area contributed by atoms with E-state index >= 15 is 0 Å². The Morgan fingerprint density at radius 2 is 1.87 bits per heavy atom. The van der Waals surface area contributed by atoms with Crippen molar-refractivity contribution in [2.24, 2.45) is 0 Å². The van der Waals surface area contributed by atoms with Crippen molar-refractivity contribution in [1.29, 1.82) is 0 Å².